The summed E-state index contributed by atoms with van der Waals surface area (Å²) in [5.74, 6) is -0.926. The normalized spacial score (nSPS) is 11.3. The standard InChI is InChI=1S/C19H19ClO3/c1-19(2,18(22)23)12-11-17(21)15-5-3-13(4-6-15)14-7-9-16(20)10-8-14/h3-10H,11-12H2,1-2H3,(H,22,23). The highest BCUT2D eigenvalue weighted by Gasteiger charge is 2.27. The van der Waals surface area contributed by atoms with Gasteiger partial charge in [0, 0.05) is 17.0 Å². The fourth-order valence-corrected chi connectivity index (χ4v) is 2.29. The first-order chi connectivity index (χ1) is 10.8. The minimum atomic E-state index is -0.890. The van der Waals surface area contributed by atoms with Crippen LogP contribution in [0.1, 0.15) is 37.0 Å². The van der Waals surface area contributed by atoms with Crippen molar-refractivity contribution < 1.29 is 14.7 Å². The maximum Gasteiger partial charge on any atom is 0.309 e. The van der Waals surface area contributed by atoms with Crippen molar-refractivity contribution in [2.24, 2.45) is 5.41 Å². The van der Waals surface area contributed by atoms with Crippen LogP contribution in [0.15, 0.2) is 48.5 Å². The minimum Gasteiger partial charge on any atom is -0.481 e. The molecule has 0 heterocycles. The summed E-state index contributed by atoms with van der Waals surface area (Å²) in [5, 5.41) is 9.77. The molecule has 2 aromatic rings. The molecule has 0 aliphatic carbocycles. The van der Waals surface area contributed by atoms with Crippen LogP contribution in [0.25, 0.3) is 11.1 Å². The zero-order valence-corrected chi connectivity index (χ0v) is 13.9. The SMILES string of the molecule is CC(C)(CCC(=O)c1ccc(-c2ccc(Cl)cc2)cc1)C(=O)O. The predicted molar refractivity (Wildman–Crippen MR) is 91.9 cm³/mol. The number of benzene rings is 2. The molecule has 0 amide bonds. The Bertz CT molecular complexity index is 700. The van der Waals surface area contributed by atoms with Gasteiger partial charge < -0.3 is 5.11 Å². The molecule has 0 bridgehead atoms. The number of halogens is 1. The van der Waals surface area contributed by atoms with Gasteiger partial charge in [-0.15, -0.1) is 0 Å². The van der Waals surface area contributed by atoms with E-state index < -0.39 is 11.4 Å². The number of Topliss-reactive ketones (excluding diaryl/α,β-unsaturated/α-hetero) is 1. The van der Waals surface area contributed by atoms with Crippen molar-refractivity contribution in [3.05, 3.63) is 59.1 Å². The van der Waals surface area contributed by atoms with Crippen molar-refractivity contribution in [1.82, 2.24) is 0 Å². The van der Waals surface area contributed by atoms with Gasteiger partial charge in [-0.3, -0.25) is 9.59 Å². The number of carbonyl (C=O) groups is 2. The van der Waals surface area contributed by atoms with Gasteiger partial charge in [-0.1, -0.05) is 48.0 Å². The maximum absolute atomic E-state index is 12.2. The van der Waals surface area contributed by atoms with Crippen LogP contribution < -0.4 is 0 Å². The van der Waals surface area contributed by atoms with Crippen LogP contribution in [-0.2, 0) is 4.79 Å². The number of carboxylic acids is 1. The first-order valence-electron chi connectivity index (χ1n) is 7.42. The third-order valence-corrected chi connectivity index (χ3v) is 4.19. The highest BCUT2D eigenvalue weighted by atomic mass is 35.5. The number of hydrogen-bond acceptors (Lipinski definition) is 2. The molecule has 23 heavy (non-hydrogen) atoms. The summed E-state index contributed by atoms with van der Waals surface area (Å²) < 4.78 is 0. The molecule has 0 aromatic heterocycles. The molecule has 3 nitrogen and oxygen atoms in total. The number of ketones is 1. The Labute approximate surface area is 140 Å². The van der Waals surface area contributed by atoms with Gasteiger partial charge >= 0.3 is 5.97 Å². The Morgan fingerprint density at radius 1 is 0.957 bits per heavy atom. The number of carboxylic acid groups (broad SMARTS) is 1. The second kappa shape index (κ2) is 6.97. The molecule has 1 N–H and O–H groups in total. The van der Waals surface area contributed by atoms with Crippen LogP contribution in [0.5, 0.6) is 0 Å². The number of hydrogen-bond donors (Lipinski definition) is 1. The van der Waals surface area contributed by atoms with E-state index in [-0.39, 0.29) is 12.2 Å². The lowest BCUT2D eigenvalue weighted by atomic mass is 9.86. The van der Waals surface area contributed by atoms with Gasteiger partial charge in [0.1, 0.15) is 0 Å². The molecule has 0 aliphatic rings. The number of rotatable bonds is 6. The molecule has 0 fully saturated rings. The fourth-order valence-electron chi connectivity index (χ4n) is 2.17. The van der Waals surface area contributed by atoms with Crippen LogP contribution in [0, 0.1) is 5.41 Å². The molecule has 2 aromatic carbocycles. The first kappa shape index (κ1) is 17.2. The van der Waals surface area contributed by atoms with E-state index in [0.717, 1.165) is 11.1 Å². The summed E-state index contributed by atoms with van der Waals surface area (Å²) in [4.78, 5) is 23.3. The summed E-state index contributed by atoms with van der Waals surface area (Å²) in [5.41, 5.74) is 1.74. The second-order valence-electron chi connectivity index (χ2n) is 6.20. The lowest BCUT2D eigenvalue weighted by molar-refractivity contribution is -0.147. The second-order valence-corrected chi connectivity index (χ2v) is 6.63. The average molecular weight is 331 g/mol. The lowest BCUT2D eigenvalue weighted by Gasteiger charge is -2.18. The summed E-state index contributed by atoms with van der Waals surface area (Å²) in [6.45, 7) is 3.26. The zero-order chi connectivity index (χ0) is 17.0. The van der Waals surface area contributed by atoms with Gasteiger partial charge in [0.25, 0.3) is 0 Å². The van der Waals surface area contributed by atoms with Crippen molar-refractivity contribution in [2.75, 3.05) is 0 Å². The average Bonchev–Trinajstić information content (AvgIpc) is 2.53. The van der Waals surface area contributed by atoms with Crippen LogP contribution in [-0.4, -0.2) is 16.9 Å². The number of carbonyl (C=O) groups excluding carboxylic acids is 1. The molecule has 0 saturated carbocycles. The van der Waals surface area contributed by atoms with Gasteiger partial charge in [0.05, 0.1) is 5.41 Å². The Balaban J connectivity index is 2.06. The van der Waals surface area contributed by atoms with E-state index in [1.807, 2.05) is 36.4 Å². The molecule has 2 rings (SSSR count). The molecule has 0 spiro atoms. The van der Waals surface area contributed by atoms with Crippen LogP contribution in [0.2, 0.25) is 5.02 Å². The van der Waals surface area contributed by atoms with Crippen molar-refractivity contribution >= 4 is 23.4 Å². The summed E-state index contributed by atoms with van der Waals surface area (Å²) in [7, 11) is 0. The maximum atomic E-state index is 12.2. The van der Waals surface area contributed by atoms with E-state index in [9.17, 15) is 9.59 Å². The molecule has 120 valence electrons. The zero-order valence-electron chi connectivity index (χ0n) is 13.2. The van der Waals surface area contributed by atoms with Gasteiger partial charge in [-0.05, 0) is 43.5 Å². The molecule has 4 heteroatoms. The summed E-state index contributed by atoms with van der Waals surface area (Å²) >= 11 is 5.87. The molecule has 0 aliphatic heterocycles. The van der Waals surface area contributed by atoms with E-state index in [1.54, 1.807) is 26.0 Å². The molecule has 0 atom stereocenters. The Morgan fingerprint density at radius 2 is 1.43 bits per heavy atom. The molecule has 0 unspecified atom stereocenters. The topological polar surface area (TPSA) is 54.4 Å². The predicted octanol–water partition coefficient (Wildman–Crippen LogP) is 5.08. The molecular weight excluding hydrogens is 312 g/mol. The van der Waals surface area contributed by atoms with Crippen molar-refractivity contribution in [2.45, 2.75) is 26.7 Å². The van der Waals surface area contributed by atoms with Crippen molar-refractivity contribution in [3.63, 3.8) is 0 Å². The van der Waals surface area contributed by atoms with Gasteiger partial charge in [0.2, 0.25) is 0 Å². The smallest absolute Gasteiger partial charge is 0.309 e. The Morgan fingerprint density at radius 3 is 1.91 bits per heavy atom. The molecular formula is C19H19ClO3. The lowest BCUT2D eigenvalue weighted by Crippen LogP contribution is -2.24. The van der Waals surface area contributed by atoms with E-state index in [2.05, 4.69) is 0 Å². The van der Waals surface area contributed by atoms with Gasteiger partial charge in [-0.25, -0.2) is 0 Å². The third-order valence-electron chi connectivity index (χ3n) is 3.94. The Hall–Kier alpha value is -2.13. The van der Waals surface area contributed by atoms with E-state index >= 15 is 0 Å². The quantitative estimate of drug-likeness (QED) is 0.751. The molecule has 0 saturated heterocycles. The Kier molecular flexibility index (Phi) is 5.22. The first-order valence-corrected chi connectivity index (χ1v) is 7.80. The third kappa shape index (κ3) is 4.42. The highest BCUT2D eigenvalue weighted by molar-refractivity contribution is 6.30. The number of aliphatic carboxylic acids is 1. The van der Waals surface area contributed by atoms with Crippen LogP contribution in [0.4, 0.5) is 0 Å². The minimum absolute atomic E-state index is 0.0398. The summed E-state index contributed by atoms with van der Waals surface area (Å²) in [6.07, 6.45) is 0.541. The van der Waals surface area contributed by atoms with Gasteiger partial charge in [-0.2, -0.15) is 0 Å². The van der Waals surface area contributed by atoms with Crippen LogP contribution >= 0.6 is 11.6 Å². The van der Waals surface area contributed by atoms with Crippen LogP contribution in [0.3, 0.4) is 0 Å². The van der Waals surface area contributed by atoms with Crippen molar-refractivity contribution in [1.29, 1.82) is 0 Å². The largest absolute Gasteiger partial charge is 0.481 e. The van der Waals surface area contributed by atoms with Gasteiger partial charge in [0.15, 0.2) is 5.78 Å². The van der Waals surface area contributed by atoms with E-state index in [4.69, 9.17) is 16.7 Å². The monoisotopic (exact) mass is 330 g/mol. The van der Waals surface area contributed by atoms with E-state index in [0.29, 0.717) is 17.0 Å². The van der Waals surface area contributed by atoms with E-state index in [1.165, 1.54) is 0 Å². The van der Waals surface area contributed by atoms with Crippen molar-refractivity contribution in [3.8, 4) is 11.1 Å². The summed E-state index contributed by atoms with van der Waals surface area (Å²) in [6, 6.07) is 14.8. The molecule has 0 radical (unpaired) electrons. The highest BCUT2D eigenvalue weighted by Crippen LogP contribution is 2.25. The fraction of sp³-hybridized carbons (Fsp3) is 0.263.